The molecule has 0 unspecified atom stereocenters. The van der Waals surface area contributed by atoms with E-state index in [2.05, 4.69) is 5.32 Å². The van der Waals surface area contributed by atoms with Gasteiger partial charge in [-0.3, -0.25) is 9.59 Å². The normalized spacial score (nSPS) is 14.5. The molecule has 0 radical (unpaired) electrons. The SMILES string of the molecule is COc1ccc(Cl)cc1C(=O)CCC(=O)Nc1ccc(S(=O)(=O)N2CCCC2)cc1. The van der Waals surface area contributed by atoms with E-state index in [0.29, 0.717) is 35.1 Å². The number of benzene rings is 2. The Bertz CT molecular complexity index is 1030. The predicted molar refractivity (Wildman–Crippen MR) is 115 cm³/mol. The summed E-state index contributed by atoms with van der Waals surface area (Å²) in [5.41, 5.74) is 0.794. The Morgan fingerprint density at radius 2 is 1.73 bits per heavy atom. The molecule has 1 fully saturated rings. The van der Waals surface area contributed by atoms with Crippen LogP contribution in [0.15, 0.2) is 47.4 Å². The van der Waals surface area contributed by atoms with Gasteiger partial charge in [-0.1, -0.05) is 11.6 Å². The summed E-state index contributed by atoms with van der Waals surface area (Å²) < 4.78 is 31.7. The van der Waals surface area contributed by atoms with Gasteiger partial charge in [-0.15, -0.1) is 0 Å². The van der Waals surface area contributed by atoms with Crippen LogP contribution in [0.3, 0.4) is 0 Å². The predicted octanol–water partition coefficient (Wildman–Crippen LogP) is 3.73. The molecule has 2 aromatic carbocycles. The van der Waals surface area contributed by atoms with Gasteiger partial charge in [0.25, 0.3) is 0 Å². The fraction of sp³-hybridized carbons (Fsp3) is 0.333. The number of nitrogens with zero attached hydrogens (tertiary/aromatic N) is 1. The van der Waals surface area contributed by atoms with Gasteiger partial charge in [0.05, 0.1) is 17.6 Å². The van der Waals surface area contributed by atoms with Crippen molar-refractivity contribution in [3.63, 3.8) is 0 Å². The van der Waals surface area contributed by atoms with Gasteiger partial charge in [-0.05, 0) is 55.3 Å². The van der Waals surface area contributed by atoms with Crippen LogP contribution in [0.25, 0.3) is 0 Å². The topological polar surface area (TPSA) is 92.8 Å². The number of anilines is 1. The van der Waals surface area contributed by atoms with Gasteiger partial charge in [0.2, 0.25) is 15.9 Å². The van der Waals surface area contributed by atoms with E-state index in [1.165, 1.54) is 29.6 Å². The number of Topliss-reactive ketones (excluding diaryl/α,β-unsaturated/α-hetero) is 1. The number of hydrogen-bond acceptors (Lipinski definition) is 5. The Labute approximate surface area is 181 Å². The highest BCUT2D eigenvalue weighted by Crippen LogP contribution is 2.25. The van der Waals surface area contributed by atoms with E-state index < -0.39 is 10.0 Å². The van der Waals surface area contributed by atoms with Gasteiger partial charge in [0.15, 0.2) is 5.78 Å². The lowest BCUT2D eigenvalue weighted by atomic mass is 10.1. The van der Waals surface area contributed by atoms with Crippen LogP contribution in [0.2, 0.25) is 5.02 Å². The summed E-state index contributed by atoms with van der Waals surface area (Å²) in [4.78, 5) is 24.8. The fourth-order valence-corrected chi connectivity index (χ4v) is 4.96. The first-order valence-corrected chi connectivity index (χ1v) is 11.4. The second-order valence-corrected chi connectivity index (χ2v) is 9.33. The van der Waals surface area contributed by atoms with E-state index in [0.717, 1.165) is 12.8 Å². The van der Waals surface area contributed by atoms with Crippen molar-refractivity contribution in [1.82, 2.24) is 4.31 Å². The van der Waals surface area contributed by atoms with Crippen LogP contribution < -0.4 is 10.1 Å². The number of sulfonamides is 1. The molecule has 9 heteroatoms. The average molecular weight is 451 g/mol. The first-order valence-electron chi connectivity index (χ1n) is 9.58. The third-order valence-corrected chi connectivity index (χ3v) is 7.03. The van der Waals surface area contributed by atoms with Gasteiger partial charge >= 0.3 is 0 Å². The number of carbonyl (C=O) groups is 2. The lowest BCUT2D eigenvalue weighted by Crippen LogP contribution is -2.27. The maximum absolute atomic E-state index is 12.5. The van der Waals surface area contributed by atoms with Gasteiger partial charge in [-0.2, -0.15) is 4.31 Å². The van der Waals surface area contributed by atoms with Gasteiger partial charge < -0.3 is 10.1 Å². The highest BCUT2D eigenvalue weighted by atomic mass is 35.5. The number of ether oxygens (including phenoxy) is 1. The third-order valence-electron chi connectivity index (χ3n) is 4.88. The fourth-order valence-electron chi connectivity index (χ4n) is 3.27. The molecule has 1 saturated heterocycles. The highest BCUT2D eigenvalue weighted by Gasteiger charge is 2.27. The summed E-state index contributed by atoms with van der Waals surface area (Å²) in [5, 5.41) is 3.09. The number of carbonyl (C=O) groups excluding carboxylic acids is 2. The van der Waals surface area contributed by atoms with Crippen LogP contribution in [0.5, 0.6) is 5.75 Å². The van der Waals surface area contributed by atoms with Crippen LogP contribution in [0.4, 0.5) is 5.69 Å². The summed E-state index contributed by atoms with van der Waals surface area (Å²) in [6, 6.07) is 10.8. The molecule has 30 heavy (non-hydrogen) atoms. The number of rotatable bonds is 8. The Morgan fingerprint density at radius 3 is 2.37 bits per heavy atom. The summed E-state index contributed by atoms with van der Waals surface area (Å²) in [7, 11) is -2.03. The Morgan fingerprint density at radius 1 is 1.07 bits per heavy atom. The summed E-state index contributed by atoms with van der Waals surface area (Å²) >= 11 is 5.94. The molecule has 3 rings (SSSR count). The van der Waals surface area contributed by atoms with Crippen molar-refractivity contribution in [2.45, 2.75) is 30.6 Å². The molecule has 0 spiro atoms. The molecule has 1 N–H and O–H groups in total. The zero-order valence-corrected chi connectivity index (χ0v) is 18.1. The van der Waals surface area contributed by atoms with E-state index in [4.69, 9.17) is 16.3 Å². The number of amides is 1. The molecule has 1 aliphatic heterocycles. The monoisotopic (exact) mass is 450 g/mol. The van der Waals surface area contributed by atoms with Crippen molar-refractivity contribution in [3.8, 4) is 5.75 Å². The van der Waals surface area contributed by atoms with E-state index in [9.17, 15) is 18.0 Å². The Balaban J connectivity index is 1.57. The van der Waals surface area contributed by atoms with Crippen molar-refractivity contribution >= 4 is 39.0 Å². The second kappa shape index (κ2) is 9.59. The molecule has 1 amide bonds. The van der Waals surface area contributed by atoms with Crippen LogP contribution in [-0.4, -0.2) is 44.6 Å². The molecular weight excluding hydrogens is 428 g/mol. The molecule has 0 aliphatic carbocycles. The molecule has 0 bridgehead atoms. The minimum Gasteiger partial charge on any atom is -0.496 e. The quantitative estimate of drug-likeness (QED) is 0.618. The van der Waals surface area contributed by atoms with Gasteiger partial charge in [0, 0.05) is 36.6 Å². The number of hydrogen-bond donors (Lipinski definition) is 1. The zero-order valence-electron chi connectivity index (χ0n) is 16.6. The Kier molecular flexibility index (Phi) is 7.12. The lowest BCUT2D eigenvalue weighted by molar-refractivity contribution is -0.116. The molecule has 1 aliphatic rings. The molecule has 0 aromatic heterocycles. The van der Waals surface area contributed by atoms with Crippen molar-refractivity contribution in [3.05, 3.63) is 53.1 Å². The highest BCUT2D eigenvalue weighted by molar-refractivity contribution is 7.89. The number of methoxy groups -OCH3 is 1. The number of nitrogens with one attached hydrogen (secondary N) is 1. The largest absolute Gasteiger partial charge is 0.496 e. The third kappa shape index (κ3) is 5.19. The smallest absolute Gasteiger partial charge is 0.243 e. The van der Waals surface area contributed by atoms with Crippen LogP contribution in [0, 0.1) is 0 Å². The van der Waals surface area contributed by atoms with Crippen LogP contribution in [0.1, 0.15) is 36.0 Å². The second-order valence-electron chi connectivity index (χ2n) is 6.95. The molecule has 2 aromatic rings. The molecule has 1 heterocycles. The molecule has 7 nitrogen and oxygen atoms in total. The molecular formula is C21H23ClN2O5S. The number of halogens is 1. The van der Waals surface area contributed by atoms with Crippen LogP contribution >= 0.6 is 11.6 Å². The van der Waals surface area contributed by atoms with E-state index in [-0.39, 0.29) is 29.4 Å². The van der Waals surface area contributed by atoms with E-state index >= 15 is 0 Å². The zero-order chi connectivity index (χ0) is 21.7. The number of ketones is 1. The van der Waals surface area contributed by atoms with E-state index in [1.807, 2.05) is 0 Å². The van der Waals surface area contributed by atoms with Gasteiger partial charge in [-0.25, -0.2) is 8.42 Å². The van der Waals surface area contributed by atoms with Crippen molar-refractivity contribution in [1.29, 1.82) is 0 Å². The lowest BCUT2D eigenvalue weighted by Gasteiger charge is -2.15. The standard InChI is InChI=1S/C21H23ClN2O5S/c1-29-20-10-4-15(22)14-18(20)19(25)9-11-21(26)23-16-5-7-17(8-6-16)30(27,28)24-12-2-3-13-24/h4-8,10,14H,2-3,9,11-13H2,1H3,(H,23,26). The molecule has 160 valence electrons. The van der Waals surface area contributed by atoms with Crippen molar-refractivity contribution in [2.75, 3.05) is 25.5 Å². The van der Waals surface area contributed by atoms with Gasteiger partial charge in [0.1, 0.15) is 5.75 Å². The minimum atomic E-state index is -3.49. The molecule has 0 saturated carbocycles. The van der Waals surface area contributed by atoms with Crippen LogP contribution in [-0.2, 0) is 14.8 Å². The first-order chi connectivity index (χ1) is 14.3. The first kappa shape index (κ1) is 22.3. The van der Waals surface area contributed by atoms with E-state index in [1.54, 1.807) is 24.3 Å². The maximum atomic E-state index is 12.5. The molecule has 0 atom stereocenters. The average Bonchev–Trinajstić information content (AvgIpc) is 3.28. The van der Waals surface area contributed by atoms with Crippen molar-refractivity contribution < 1.29 is 22.7 Å². The summed E-state index contributed by atoms with van der Waals surface area (Å²) in [5.74, 6) is -0.198. The Hall–Kier alpha value is -2.42. The summed E-state index contributed by atoms with van der Waals surface area (Å²) in [6.45, 7) is 1.07. The maximum Gasteiger partial charge on any atom is 0.243 e. The summed E-state index contributed by atoms with van der Waals surface area (Å²) in [6.07, 6.45) is 1.70. The van der Waals surface area contributed by atoms with Crippen molar-refractivity contribution in [2.24, 2.45) is 0 Å². The minimum absolute atomic E-state index is 0.00996.